The lowest BCUT2D eigenvalue weighted by atomic mass is 9.94. The van der Waals surface area contributed by atoms with Gasteiger partial charge >= 0.3 is 12.2 Å². The number of nitrogens with zero attached hydrogens (tertiary/aromatic N) is 3. The zero-order valence-corrected chi connectivity index (χ0v) is 27.9. The van der Waals surface area contributed by atoms with Gasteiger partial charge in [-0.2, -0.15) is 0 Å². The number of carbonyl (C=O) groups excluding carboxylic acids is 2. The molecule has 0 saturated heterocycles. The summed E-state index contributed by atoms with van der Waals surface area (Å²) in [5.41, 5.74) is 5.01. The Kier molecular flexibility index (Phi) is 10.7. The van der Waals surface area contributed by atoms with Gasteiger partial charge in [0.05, 0.1) is 17.6 Å². The lowest BCUT2D eigenvalue weighted by Gasteiger charge is -2.33. The van der Waals surface area contributed by atoms with Crippen molar-refractivity contribution in [2.75, 3.05) is 11.5 Å². The largest absolute Gasteiger partial charge is 0.514 e. The average Bonchev–Trinajstić information content (AvgIpc) is 3.37. The number of hydrogen-bond donors (Lipinski definition) is 0. The van der Waals surface area contributed by atoms with Gasteiger partial charge in [0, 0.05) is 30.3 Å². The Bertz CT molecular complexity index is 1630. The van der Waals surface area contributed by atoms with E-state index in [4.69, 9.17) is 19.2 Å². The summed E-state index contributed by atoms with van der Waals surface area (Å²) in [5.74, 6) is 1.48. The van der Waals surface area contributed by atoms with Gasteiger partial charge in [-0.25, -0.2) is 14.6 Å². The Morgan fingerprint density at radius 3 is 2.39 bits per heavy atom. The molecule has 0 unspecified atom stereocenters. The second-order valence-corrected chi connectivity index (χ2v) is 13.0. The molecule has 1 fully saturated rings. The molecule has 1 aromatic heterocycles. The minimum Gasteiger partial charge on any atom is -0.449 e. The van der Waals surface area contributed by atoms with Gasteiger partial charge in [-0.15, -0.1) is 0 Å². The summed E-state index contributed by atoms with van der Waals surface area (Å²) in [6.07, 6.45) is 7.40. The molecule has 3 aromatic carbocycles. The fourth-order valence-electron chi connectivity index (χ4n) is 6.14. The Morgan fingerprint density at radius 1 is 0.957 bits per heavy atom. The standard InChI is InChI=1S/C38H47N3O5/c1-6-8-18-35-39-32-24-23-30(41(36(42)44-7-2)29-14-10-9-11-15-29)25-33(32)40(35)26-27-19-21-28(22-20-27)31-16-12-13-17-34(31)45-37(43)46-38(3,4)5/h12-13,16-17,19-25,29H,6-11,14-15,18,26H2,1-5H3. The molecule has 5 rings (SSSR count). The van der Waals surface area contributed by atoms with E-state index in [1.165, 1.54) is 6.42 Å². The van der Waals surface area contributed by atoms with Gasteiger partial charge in [0.25, 0.3) is 0 Å². The minimum atomic E-state index is -0.729. The summed E-state index contributed by atoms with van der Waals surface area (Å²) in [7, 11) is 0. The van der Waals surface area contributed by atoms with E-state index in [1.807, 2.05) is 62.9 Å². The van der Waals surface area contributed by atoms with E-state index in [1.54, 1.807) is 6.07 Å². The first-order valence-corrected chi connectivity index (χ1v) is 16.7. The quantitative estimate of drug-likeness (QED) is 0.129. The Morgan fingerprint density at radius 2 is 1.70 bits per heavy atom. The van der Waals surface area contributed by atoms with Crippen LogP contribution in [-0.4, -0.2) is 40.0 Å². The maximum absolute atomic E-state index is 13.2. The number of imidazole rings is 1. The number of benzene rings is 3. The lowest BCUT2D eigenvalue weighted by molar-refractivity contribution is 0.0207. The fraction of sp³-hybridized carbons (Fsp3) is 0.447. The van der Waals surface area contributed by atoms with Gasteiger partial charge < -0.3 is 18.8 Å². The summed E-state index contributed by atoms with van der Waals surface area (Å²) in [6, 6.07) is 22.1. The normalized spacial score (nSPS) is 13.8. The third kappa shape index (κ3) is 8.08. The van der Waals surface area contributed by atoms with Gasteiger partial charge in [-0.05, 0) is 82.3 Å². The molecule has 46 heavy (non-hydrogen) atoms. The number of anilines is 1. The highest BCUT2D eigenvalue weighted by Gasteiger charge is 2.29. The van der Waals surface area contributed by atoms with E-state index >= 15 is 0 Å². The zero-order chi connectivity index (χ0) is 32.7. The predicted octanol–water partition coefficient (Wildman–Crippen LogP) is 9.70. The van der Waals surface area contributed by atoms with Crippen LogP contribution in [0.25, 0.3) is 22.2 Å². The van der Waals surface area contributed by atoms with Crippen molar-refractivity contribution in [2.45, 2.75) is 104 Å². The van der Waals surface area contributed by atoms with Crippen molar-refractivity contribution in [1.82, 2.24) is 9.55 Å². The van der Waals surface area contributed by atoms with E-state index in [0.717, 1.165) is 84.2 Å². The predicted molar refractivity (Wildman–Crippen MR) is 183 cm³/mol. The summed E-state index contributed by atoms with van der Waals surface area (Å²) in [6.45, 7) is 10.5. The Labute approximate surface area is 272 Å². The van der Waals surface area contributed by atoms with Gasteiger partial charge in [-0.1, -0.05) is 75.1 Å². The first-order valence-electron chi connectivity index (χ1n) is 16.7. The molecule has 0 aliphatic heterocycles. The summed E-state index contributed by atoms with van der Waals surface area (Å²) >= 11 is 0. The van der Waals surface area contributed by atoms with Crippen LogP contribution in [0.2, 0.25) is 0 Å². The van der Waals surface area contributed by atoms with E-state index in [-0.39, 0.29) is 12.1 Å². The van der Waals surface area contributed by atoms with Crippen LogP contribution in [0.3, 0.4) is 0 Å². The monoisotopic (exact) mass is 625 g/mol. The van der Waals surface area contributed by atoms with Gasteiger partial charge in [0.2, 0.25) is 0 Å². The molecule has 244 valence electrons. The van der Waals surface area contributed by atoms with Crippen molar-refractivity contribution < 1.29 is 23.8 Å². The molecule has 8 nitrogen and oxygen atoms in total. The SMILES string of the molecule is CCCCc1nc2ccc(N(C(=O)OCC)C3CCCCC3)cc2n1Cc1ccc(-c2ccccc2OC(=O)OC(C)(C)C)cc1. The average molecular weight is 626 g/mol. The number of hydrogen-bond acceptors (Lipinski definition) is 6. The second kappa shape index (κ2) is 14.8. The first-order chi connectivity index (χ1) is 22.2. The van der Waals surface area contributed by atoms with Crippen LogP contribution in [-0.2, 0) is 22.4 Å². The molecule has 1 aliphatic carbocycles. The number of aromatic nitrogens is 2. The van der Waals surface area contributed by atoms with E-state index in [9.17, 15) is 9.59 Å². The molecule has 4 aromatic rings. The molecule has 0 N–H and O–H groups in total. The zero-order valence-electron chi connectivity index (χ0n) is 27.9. The van der Waals surface area contributed by atoms with Gasteiger partial charge in [0.15, 0.2) is 0 Å². The molecule has 0 bridgehead atoms. The summed E-state index contributed by atoms with van der Waals surface area (Å²) in [5, 5.41) is 0. The molecule has 1 amide bonds. The number of unbranched alkanes of at least 4 members (excludes halogenated alkanes) is 1. The van der Waals surface area contributed by atoms with Gasteiger partial charge in [0.1, 0.15) is 17.2 Å². The molecule has 1 saturated carbocycles. The summed E-state index contributed by atoms with van der Waals surface area (Å²) < 4.78 is 18.8. The molecule has 8 heteroatoms. The highest BCUT2D eigenvalue weighted by molar-refractivity contribution is 5.92. The molecule has 0 atom stereocenters. The van der Waals surface area contributed by atoms with Crippen LogP contribution in [0.1, 0.15) is 91.0 Å². The Balaban J connectivity index is 1.45. The topological polar surface area (TPSA) is 82.9 Å². The Hall–Kier alpha value is -4.33. The third-order valence-electron chi connectivity index (χ3n) is 8.32. The molecule has 0 radical (unpaired) electrons. The fourth-order valence-corrected chi connectivity index (χ4v) is 6.14. The van der Waals surface area contributed by atoms with Crippen LogP contribution >= 0.6 is 0 Å². The van der Waals surface area contributed by atoms with Crippen molar-refractivity contribution in [3.8, 4) is 16.9 Å². The van der Waals surface area contributed by atoms with Crippen molar-refractivity contribution >= 4 is 29.0 Å². The van der Waals surface area contributed by atoms with Gasteiger partial charge in [-0.3, -0.25) is 4.90 Å². The highest BCUT2D eigenvalue weighted by Crippen LogP contribution is 2.33. The molecular weight excluding hydrogens is 578 g/mol. The van der Waals surface area contributed by atoms with E-state index in [0.29, 0.717) is 18.9 Å². The van der Waals surface area contributed by atoms with Crippen molar-refractivity contribution in [2.24, 2.45) is 0 Å². The van der Waals surface area contributed by atoms with Crippen molar-refractivity contribution in [3.63, 3.8) is 0 Å². The number of para-hydroxylation sites is 1. The minimum absolute atomic E-state index is 0.135. The third-order valence-corrected chi connectivity index (χ3v) is 8.32. The smallest absolute Gasteiger partial charge is 0.449 e. The van der Waals surface area contributed by atoms with Crippen LogP contribution in [0, 0.1) is 0 Å². The maximum Gasteiger partial charge on any atom is 0.514 e. The van der Waals surface area contributed by atoms with Crippen molar-refractivity contribution in [3.05, 3.63) is 78.1 Å². The number of rotatable bonds is 10. The maximum atomic E-state index is 13.2. The highest BCUT2D eigenvalue weighted by atomic mass is 16.7. The van der Waals surface area contributed by atoms with E-state index in [2.05, 4.69) is 41.8 Å². The number of fused-ring (bicyclic) bond motifs is 1. The summed E-state index contributed by atoms with van der Waals surface area (Å²) in [4.78, 5) is 32.6. The molecule has 0 spiro atoms. The first kappa shape index (κ1) is 33.0. The van der Waals surface area contributed by atoms with Crippen LogP contribution < -0.4 is 9.64 Å². The van der Waals surface area contributed by atoms with Crippen LogP contribution in [0.5, 0.6) is 5.75 Å². The number of carbonyl (C=O) groups is 2. The number of amides is 1. The molecular formula is C38H47N3O5. The van der Waals surface area contributed by atoms with E-state index < -0.39 is 11.8 Å². The second-order valence-electron chi connectivity index (χ2n) is 13.0. The number of ether oxygens (including phenoxy) is 3. The van der Waals surface area contributed by atoms with Crippen LogP contribution in [0.15, 0.2) is 66.7 Å². The lowest BCUT2D eigenvalue weighted by Crippen LogP contribution is -2.42. The number of aryl methyl sites for hydroxylation is 1. The molecule has 1 aliphatic rings. The van der Waals surface area contributed by atoms with Crippen LogP contribution in [0.4, 0.5) is 15.3 Å². The molecule has 1 heterocycles. The van der Waals surface area contributed by atoms with Crippen molar-refractivity contribution in [1.29, 1.82) is 0 Å².